The average molecular weight is 540 g/mol. The first-order valence-electron chi connectivity index (χ1n) is 11.3. The van der Waals surface area contributed by atoms with E-state index < -0.39 is 0 Å². The van der Waals surface area contributed by atoms with E-state index >= 15 is 0 Å². The van der Waals surface area contributed by atoms with Crippen molar-refractivity contribution in [1.82, 2.24) is 25.5 Å². The van der Waals surface area contributed by atoms with Crippen LogP contribution in [0.3, 0.4) is 0 Å². The van der Waals surface area contributed by atoms with Crippen molar-refractivity contribution in [1.29, 1.82) is 0 Å². The van der Waals surface area contributed by atoms with Crippen LogP contribution in [0.2, 0.25) is 0 Å². The van der Waals surface area contributed by atoms with Crippen molar-refractivity contribution in [2.24, 2.45) is 10.9 Å². The van der Waals surface area contributed by atoms with E-state index in [0.29, 0.717) is 25.4 Å². The Morgan fingerprint density at radius 2 is 1.81 bits per heavy atom. The van der Waals surface area contributed by atoms with Crippen LogP contribution in [0.25, 0.3) is 11.0 Å². The number of nitrogens with zero attached hydrogens (tertiary/aromatic N) is 3. The molecule has 8 heteroatoms. The molecule has 1 aromatic heterocycles. The number of hydrogen-bond donors (Lipinski definition) is 3. The molecular formula is C23H37IN6O. The van der Waals surface area contributed by atoms with Crippen LogP contribution >= 0.6 is 24.0 Å². The fourth-order valence-electron chi connectivity index (χ4n) is 4.25. The standard InChI is InChI=1S/C23H36N6O.HI/c1-18-28-20-11-6-7-12-21(20)29(18)16-8-13-26-23(24-2)27-15-14-25-22(30)17-19-9-4-3-5-10-19;/h6-7,11-12,19H,3-5,8-10,13-17H2,1-2H3,(H,25,30)(H2,24,26,27);1H. The number of guanidine groups is 1. The number of halogens is 1. The lowest BCUT2D eigenvalue weighted by molar-refractivity contribution is -0.122. The molecule has 2 aromatic rings. The summed E-state index contributed by atoms with van der Waals surface area (Å²) >= 11 is 0. The number of aryl methyl sites for hydroxylation is 2. The zero-order chi connectivity index (χ0) is 21.2. The fraction of sp³-hybridized carbons (Fsp3) is 0.609. The summed E-state index contributed by atoms with van der Waals surface area (Å²) in [5, 5.41) is 9.64. The van der Waals surface area contributed by atoms with E-state index in [1.165, 1.54) is 37.6 Å². The van der Waals surface area contributed by atoms with Gasteiger partial charge in [0.05, 0.1) is 11.0 Å². The van der Waals surface area contributed by atoms with Crippen LogP contribution in [0, 0.1) is 12.8 Å². The molecule has 0 bridgehead atoms. The summed E-state index contributed by atoms with van der Waals surface area (Å²) in [6.45, 7) is 5.07. The fourth-order valence-corrected chi connectivity index (χ4v) is 4.25. The topological polar surface area (TPSA) is 83.3 Å². The summed E-state index contributed by atoms with van der Waals surface area (Å²) in [7, 11) is 1.77. The second-order valence-electron chi connectivity index (χ2n) is 8.14. The second-order valence-corrected chi connectivity index (χ2v) is 8.14. The third-order valence-electron chi connectivity index (χ3n) is 5.86. The van der Waals surface area contributed by atoms with Gasteiger partial charge < -0.3 is 20.5 Å². The number of fused-ring (bicyclic) bond motifs is 1. The number of benzene rings is 1. The van der Waals surface area contributed by atoms with Crippen LogP contribution in [0.5, 0.6) is 0 Å². The van der Waals surface area contributed by atoms with Crippen molar-refractivity contribution in [3.05, 3.63) is 30.1 Å². The largest absolute Gasteiger partial charge is 0.356 e. The van der Waals surface area contributed by atoms with Crippen LogP contribution in [-0.4, -0.2) is 48.1 Å². The van der Waals surface area contributed by atoms with Crippen LogP contribution in [-0.2, 0) is 11.3 Å². The van der Waals surface area contributed by atoms with Crippen molar-refractivity contribution in [2.45, 2.75) is 58.4 Å². The third-order valence-corrected chi connectivity index (χ3v) is 5.86. The predicted octanol–water partition coefficient (Wildman–Crippen LogP) is 3.60. The molecule has 31 heavy (non-hydrogen) atoms. The minimum Gasteiger partial charge on any atom is -0.356 e. The number of aliphatic imine (C=N–C) groups is 1. The van der Waals surface area contributed by atoms with Crippen molar-refractivity contribution < 1.29 is 4.79 Å². The van der Waals surface area contributed by atoms with Crippen LogP contribution < -0.4 is 16.0 Å². The highest BCUT2D eigenvalue weighted by Crippen LogP contribution is 2.25. The third kappa shape index (κ3) is 7.97. The van der Waals surface area contributed by atoms with Crippen LogP contribution in [0.4, 0.5) is 0 Å². The minimum atomic E-state index is 0. The van der Waals surface area contributed by atoms with Gasteiger partial charge in [0.2, 0.25) is 5.91 Å². The van der Waals surface area contributed by atoms with Gasteiger partial charge in [-0.1, -0.05) is 31.4 Å². The molecule has 0 atom stereocenters. The quantitative estimate of drug-likeness (QED) is 0.197. The van der Waals surface area contributed by atoms with Crippen molar-refractivity contribution in [3.63, 3.8) is 0 Å². The van der Waals surface area contributed by atoms with Crippen molar-refractivity contribution in [3.8, 4) is 0 Å². The maximum Gasteiger partial charge on any atom is 0.220 e. The highest BCUT2D eigenvalue weighted by atomic mass is 127. The summed E-state index contributed by atoms with van der Waals surface area (Å²) in [5.74, 6) is 2.57. The van der Waals surface area contributed by atoms with E-state index in [1.807, 2.05) is 6.07 Å². The summed E-state index contributed by atoms with van der Waals surface area (Å²) in [4.78, 5) is 21.0. The van der Waals surface area contributed by atoms with Gasteiger partial charge in [0.15, 0.2) is 5.96 Å². The Bertz CT molecular complexity index is 844. The molecule has 7 nitrogen and oxygen atoms in total. The molecule has 1 saturated carbocycles. The molecule has 3 rings (SSSR count). The Morgan fingerprint density at radius 1 is 1.10 bits per heavy atom. The lowest BCUT2D eigenvalue weighted by Crippen LogP contribution is -2.42. The van der Waals surface area contributed by atoms with Gasteiger partial charge in [0.1, 0.15) is 5.82 Å². The maximum absolute atomic E-state index is 12.1. The van der Waals surface area contributed by atoms with E-state index in [9.17, 15) is 4.79 Å². The molecule has 3 N–H and O–H groups in total. The van der Waals surface area contributed by atoms with Gasteiger partial charge in [-0.3, -0.25) is 9.79 Å². The Morgan fingerprint density at radius 3 is 2.58 bits per heavy atom. The van der Waals surface area contributed by atoms with E-state index in [4.69, 9.17) is 0 Å². The number of imidazole rings is 1. The summed E-state index contributed by atoms with van der Waals surface area (Å²) in [6, 6.07) is 8.25. The van der Waals surface area contributed by atoms with Gasteiger partial charge in [-0.25, -0.2) is 4.98 Å². The number of aromatic nitrogens is 2. The van der Waals surface area contributed by atoms with Gasteiger partial charge in [0, 0.05) is 39.6 Å². The molecule has 1 aliphatic carbocycles. The van der Waals surface area contributed by atoms with Gasteiger partial charge >= 0.3 is 0 Å². The van der Waals surface area contributed by atoms with E-state index in [0.717, 1.165) is 36.8 Å². The Labute approximate surface area is 202 Å². The SMILES string of the molecule is CN=C(NCCCn1c(C)nc2ccccc21)NCCNC(=O)CC1CCCCC1.I. The lowest BCUT2D eigenvalue weighted by Gasteiger charge is -2.20. The monoisotopic (exact) mass is 540 g/mol. The van der Waals surface area contributed by atoms with E-state index in [1.54, 1.807) is 7.05 Å². The first kappa shape index (κ1) is 25.4. The summed E-state index contributed by atoms with van der Waals surface area (Å²) in [5.41, 5.74) is 2.23. The molecule has 0 aliphatic heterocycles. The number of para-hydroxylation sites is 2. The number of hydrogen-bond acceptors (Lipinski definition) is 3. The normalized spacial score (nSPS) is 14.8. The maximum atomic E-state index is 12.1. The van der Waals surface area contributed by atoms with Crippen molar-refractivity contribution >= 4 is 46.9 Å². The van der Waals surface area contributed by atoms with E-state index in [2.05, 4.69) is 55.6 Å². The molecule has 172 valence electrons. The van der Waals surface area contributed by atoms with Gasteiger partial charge in [-0.2, -0.15) is 0 Å². The molecule has 0 saturated heterocycles. The molecule has 1 amide bonds. The van der Waals surface area contributed by atoms with Crippen molar-refractivity contribution in [2.75, 3.05) is 26.7 Å². The van der Waals surface area contributed by atoms with Crippen LogP contribution in [0.1, 0.15) is 50.8 Å². The molecule has 0 radical (unpaired) electrons. The first-order chi connectivity index (χ1) is 14.7. The Kier molecular flexibility index (Phi) is 11.1. The average Bonchev–Trinajstić information content (AvgIpc) is 3.08. The smallest absolute Gasteiger partial charge is 0.220 e. The molecule has 1 fully saturated rings. The first-order valence-corrected chi connectivity index (χ1v) is 11.3. The molecule has 1 aromatic carbocycles. The molecule has 1 aliphatic rings. The number of amides is 1. The van der Waals surface area contributed by atoms with E-state index in [-0.39, 0.29) is 29.9 Å². The number of carbonyl (C=O) groups is 1. The van der Waals surface area contributed by atoms with Gasteiger partial charge in [-0.05, 0) is 44.2 Å². The second kappa shape index (κ2) is 13.5. The van der Waals surface area contributed by atoms with Gasteiger partial charge in [-0.15, -0.1) is 24.0 Å². The highest BCUT2D eigenvalue weighted by Gasteiger charge is 2.16. The summed E-state index contributed by atoms with van der Waals surface area (Å²) < 4.78 is 2.26. The number of nitrogens with one attached hydrogen (secondary N) is 3. The molecular weight excluding hydrogens is 503 g/mol. The number of rotatable bonds is 9. The van der Waals surface area contributed by atoms with Gasteiger partial charge in [0.25, 0.3) is 0 Å². The highest BCUT2D eigenvalue weighted by molar-refractivity contribution is 14.0. The molecule has 0 unspecified atom stereocenters. The summed E-state index contributed by atoms with van der Waals surface area (Å²) in [6.07, 6.45) is 7.94. The molecule has 1 heterocycles. The van der Waals surface area contributed by atoms with Crippen LogP contribution in [0.15, 0.2) is 29.3 Å². The molecule has 0 spiro atoms. The number of carbonyl (C=O) groups excluding carboxylic acids is 1. The Balaban J connectivity index is 0.00000341. The zero-order valence-electron chi connectivity index (χ0n) is 18.8. The Hall–Kier alpha value is -1.84. The minimum absolute atomic E-state index is 0. The lowest BCUT2D eigenvalue weighted by atomic mass is 9.87. The zero-order valence-corrected chi connectivity index (χ0v) is 21.2. The predicted molar refractivity (Wildman–Crippen MR) is 138 cm³/mol.